The smallest absolute Gasteiger partial charge is 0.193 e. The van der Waals surface area contributed by atoms with Crippen molar-refractivity contribution in [3.8, 4) is 0 Å². The third-order valence-corrected chi connectivity index (χ3v) is 5.04. The molecule has 1 aromatic carbocycles. The van der Waals surface area contributed by atoms with Crippen LogP contribution < -0.4 is 5.32 Å². The fraction of sp³-hybridized carbons (Fsp3) is 0.611. The van der Waals surface area contributed by atoms with Gasteiger partial charge in [0, 0.05) is 32.1 Å². The average molecular weight is 431 g/mol. The van der Waals surface area contributed by atoms with Gasteiger partial charge in [-0.25, -0.2) is 4.39 Å². The summed E-state index contributed by atoms with van der Waals surface area (Å²) in [7, 11) is 1.85. The molecule has 0 amide bonds. The topological polar surface area (TPSA) is 27.6 Å². The van der Waals surface area contributed by atoms with E-state index in [0.717, 1.165) is 49.9 Å². The summed E-state index contributed by atoms with van der Waals surface area (Å²) in [4.78, 5) is 6.80. The minimum Gasteiger partial charge on any atom is -0.355 e. The predicted molar refractivity (Wildman–Crippen MR) is 104 cm³/mol. The van der Waals surface area contributed by atoms with E-state index >= 15 is 0 Å². The number of nitrogens with zero attached hydrogens (tertiary/aromatic N) is 2. The third kappa shape index (κ3) is 4.37. The van der Waals surface area contributed by atoms with Gasteiger partial charge in [0.15, 0.2) is 5.96 Å². The Balaban J connectivity index is 0.00000192. The summed E-state index contributed by atoms with van der Waals surface area (Å²) < 4.78 is 13.5. The summed E-state index contributed by atoms with van der Waals surface area (Å²) in [6.45, 7) is 5.30. The van der Waals surface area contributed by atoms with Crippen molar-refractivity contribution >= 4 is 29.9 Å². The number of aliphatic imine (C=N–C) groups is 1. The maximum atomic E-state index is 13.5. The van der Waals surface area contributed by atoms with Crippen LogP contribution >= 0.6 is 24.0 Å². The summed E-state index contributed by atoms with van der Waals surface area (Å²) in [5, 5.41) is 3.53. The van der Waals surface area contributed by atoms with E-state index in [4.69, 9.17) is 0 Å². The molecular formula is C18H27FIN3. The fourth-order valence-electron chi connectivity index (χ4n) is 3.50. The van der Waals surface area contributed by atoms with Gasteiger partial charge in [0.25, 0.3) is 0 Å². The molecule has 2 aliphatic rings. The second-order valence-corrected chi connectivity index (χ2v) is 6.88. The molecule has 5 heteroatoms. The van der Waals surface area contributed by atoms with Gasteiger partial charge in [0.2, 0.25) is 0 Å². The fourth-order valence-corrected chi connectivity index (χ4v) is 3.50. The second kappa shape index (κ2) is 7.81. The standard InChI is InChI=1S/C18H26FN3.HI/c1-14-5-4-10-22(12-14)17(20-2)21-13-18(8-9-18)15-6-3-7-16(19)11-15;/h3,6-7,11,14H,4-5,8-10,12-13H2,1-2H3,(H,20,21);1H. The van der Waals surface area contributed by atoms with Gasteiger partial charge in [0.1, 0.15) is 5.82 Å². The lowest BCUT2D eigenvalue weighted by Gasteiger charge is -2.34. The van der Waals surface area contributed by atoms with Crippen molar-refractivity contribution < 1.29 is 4.39 Å². The third-order valence-electron chi connectivity index (χ3n) is 5.04. The molecule has 1 N–H and O–H groups in total. The monoisotopic (exact) mass is 431 g/mol. The van der Waals surface area contributed by atoms with Crippen LogP contribution in [-0.2, 0) is 5.41 Å². The summed E-state index contributed by atoms with van der Waals surface area (Å²) >= 11 is 0. The first-order chi connectivity index (χ1) is 10.6. The van der Waals surface area contributed by atoms with Gasteiger partial charge < -0.3 is 10.2 Å². The molecular weight excluding hydrogens is 404 g/mol. The number of guanidine groups is 1. The van der Waals surface area contributed by atoms with E-state index in [0.29, 0.717) is 0 Å². The van der Waals surface area contributed by atoms with Crippen LogP contribution in [0.2, 0.25) is 0 Å². The zero-order valence-corrected chi connectivity index (χ0v) is 16.3. The lowest BCUT2D eigenvalue weighted by molar-refractivity contribution is 0.265. The molecule has 3 nitrogen and oxygen atoms in total. The minimum atomic E-state index is -0.141. The normalized spacial score (nSPS) is 23.2. The number of rotatable bonds is 3. The molecule has 1 aliphatic heterocycles. The Morgan fingerprint density at radius 3 is 2.83 bits per heavy atom. The van der Waals surface area contributed by atoms with Crippen molar-refractivity contribution in [2.24, 2.45) is 10.9 Å². The maximum absolute atomic E-state index is 13.5. The van der Waals surface area contributed by atoms with Crippen LogP contribution in [0.5, 0.6) is 0 Å². The molecule has 0 aromatic heterocycles. The van der Waals surface area contributed by atoms with Crippen LogP contribution in [0.1, 0.15) is 38.2 Å². The molecule has 1 unspecified atom stereocenters. The Morgan fingerprint density at radius 2 is 2.22 bits per heavy atom. The highest BCUT2D eigenvalue weighted by Gasteiger charge is 2.44. The average Bonchev–Trinajstić information content (AvgIpc) is 3.29. The molecule has 1 atom stereocenters. The van der Waals surface area contributed by atoms with Crippen LogP contribution in [0, 0.1) is 11.7 Å². The molecule has 23 heavy (non-hydrogen) atoms. The van der Waals surface area contributed by atoms with Crippen LogP contribution in [-0.4, -0.2) is 37.5 Å². The van der Waals surface area contributed by atoms with Gasteiger partial charge in [0.05, 0.1) is 0 Å². The Labute approximate surface area is 155 Å². The lowest BCUT2D eigenvalue weighted by Crippen LogP contribution is -2.48. The molecule has 1 aromatic rings. The largest absolute Gasteiger partial charge is 0.355 e. The molecule has 1 aliphatic carbocycles. The molecule has 0 bridgehead atoms. The highest BCUT2D eigenvalue weighted by molar-refractivity contribution is 14.0. The number of halogens is 2. The van der Waals surface area contributed by atoms with Gasteiger partial charge in [-0.3, -0.25) is 4.99 Å². The van der Waals surface area contributed by atoms with Crippen molar-refractivity contribution in [3.05, 3.63) is 35.6 Å². The van der Waals surface area contributed by atoms with Crippen LogP contribution in [0.15, 0.2) is 29.3 Å². The van der Waals surface area contributed by atoms with Crippen LogP contribution in [0.25, 0.3) is 0 Å². The molecule has 3 rings (SSSR count). The van der Waals surface area contributed by atoms with Crippen LogP contribution in [0.3, 0.4) is 0 Å². The SMILES string of the molecule is CN=C(NCC1(c2cccc(F)c2)CC1)N1CCCC(C)C1.I. The zero-order chi connectivity index (χ0) is 15.6. The van der Waals surface area contributed by atoms with Gasteiger partial charge in [-0.05, 0) is 49.3 Å². The number of nitrogens with one attached hydrogen (secondary N) is 1. The minimum absolute atomic E-state index is 0. The van der Waals surface area contributed by atoms with Crippen molar-refractivity contribution in [2.45, 2.75) is 38.0 Å². The van der Waals surface area contributed by atoms with E-state index in [1.165, 1.54) is 18.9 Å². The van der Waals surface area contributed by atoms with Crippen molar-refractivity contribution in [3.63, 3.8) is 0 Å². The van der Waals surface area contributed by atoms with Gasteiger partial charge in [-0.2, -0.15) is 0 Å². The maximum Gasteiger partial charge on any atom is 0.193 e. The van der Waals surface area contributed by atoms with E-state index in [1.807, 2.05) is 19.2 Å². The summed E-state index contributed by atoms with van der Waals surface area (Å²) in [5.41, 5.74) is 1.21. The Kier molecular flexibility index (Phi) is 6.28. The first kappa shape index (κ1) is 18.5. The molecule has 1 heterocycles. The van der Waals surface area contributed by atoms with E-state index in [1.54, 1.807) is 6.07 Å². The van der Waals surface area contributed by atoms with Gasteiger partial charge in [-0.1, -0.05) is 19.1 Å². The number of hydrogen-bond acceptors (Lipinski definition) is 1. The van der Waals surface area contributed by atoms with E-state index in [9.17, 15) is 4.39 Å². The molecule has 128 valence electrons. The quantitative estimate of drug-likeness (QED) is 0.448. The summed E-state index contributed by atoms with van der Waals surface area (Å²) in [5.74, 6) is 1.58. The Morgan fingerprint density at radius 1 is 1.43 bits per heavy atom. The molecule has 2 fully saturated rings. The highest BCUT2D eigenvalue weighted by atomic mass is 127. The zero-order valence-electron chi connectivity index (χ0n) is 14.0. The molecule has 1 saturated heterocycles. The number of hydrogen-bond donors (Lipinski definition) is 1. The lowest BCUT2D eigenvalue weighted by atomic mass is 9.96. The van der Waals surface area contributed by atoms with Gasteiger partial charge >= 0.3 is 0 Å². The molecule has 1 saturated carbocycles. The first-order valence-electron chi connectivity index (χ1n) is 8.35. The predicted octanol–water partition coefficient (Wildman–Crippen LogP) is 3.78. The molecule has 0 spiro atoms. The Bertz CT molecular complexity index is 557. The number of benzene rings is 1. The van der Waals surface area contributed by atoms with E-state index in [2.05, 4.69) is 22.1 Å². The number of piperidine rings is 1. The first-order valence-corrected chi connectivity index (χ1v) is 8.35. The number of likely N-dealkylation sites (tertiary alicyclic amines) is 1. The van der Waals surface area contributed by atoms with Crippen molar-refractivity contribution in [1.29, 1.82) is 0 Å². The Hall–Kier alpha value is -0.850. The van der Waals surface area contributed by atoms with Crippen molar-refractivity contribution in [2.75, 3.05) is 26.7 Å². The van der Waals surface area contributed by atoms with E-state index in [-0.39, 0.29) is 35.2 Å². The van der Waals surface area contributed by atoms with E-state index < -0.39 is 0 Å². The van der Waals surface area contributed by atoms with Crippen molar-refractivity contribution in [1.82, 2.24) is 10.2 Å². The summed E-state index contributed by atoms with van der Waals surface area (Å²) in [6.07, 6.45) is 4.78. The summed E-state index contributed by atoms with van der Waals surface area (Å²) in [6, 6.07) is 7.05. The van der Waals surface area contributed by atoms with Gasteiger partial charge in [-0.15, -0.1) is 24.0 Å². The highest BCUT2D eigenvalue weighted by Crippen LogP contribution is 2.47. The molecule has 0 radical (unpaired) electrons. The van der Waals surface area contributed by atoms with Crippen LogP contribution in [0.4, 0.5) is 4.39 Å². The second-order valence-electron chi connectivity index (χ2n) is 6.88.